The number of hydrogen-bond donors (Lipinski definition) is 1. The second-order valence-electron chi connectivity index (χ2n) is 2.88. The van der Waals surface area contributed by atoms with Crippen LogP contribution in [0.15, 0.2) is 16.0 Å². The lowest BCUT2D eigenvalue weighted by atomic mass is 10.3. The van der Waals surface area contributed by atoms with Crippen molar-refractivity contribution >= 4 is 33.1 Å². The van der Waals surface area contributed by atoms with E-state index in [1.807, 2.05) is 12.3 Å². The Morgan fingerprint density at radius 1 is 1.47 bits per heavy atom. The molecule has 2 rings (SSSR count). The first kappa shape index (κ1) is 10.5. The van der Waals surface area contributed by atoms with E-state index < -0.39 is 0 Å². The van der Waals surface area contributed by atoms with Crippen LogP contribution in [0.2, 0.25) is 0 Å². The smallest absolute Gasteiger partial charge is 0.190 e. The van der Waals surface area contributed by atoms with E-state index in [9.17, 15) is 0 Å². The highest BCUT2D eigenvalue weighted by Gasteiger charge is 2.11. The molecular formula is C9H9BrN4S. The van der Waals surface area contributed by atoms with Crippen molar-refractivity contribution in [1.29, 1.82) is 0 Å². The number of aryl methyl sites for hydroxylation is 1. The van der Waals surface area contributed by atoms with Gasteiger partial charge < -0.3 is 5.73 Å². The van der Waals surface area contributed by atoms with Crippen molar-refractivity contribution in [2.75, 3.05) is 5.73 Å². The van der Waals surface area contributed by atoms with Crippen LogP contribution < -0.4 is 5.73 Å². The van der Waals surface area contributed by atoms with Gasteiger partial charge in [-0.3, -0.25) is 0 Å². The van der Waals surface area contributed by atoms with Gasteiger partial charge >= 0.3 is 0 Å². The fraction of sp³-hybridized carbons (Fsp3) is 0.222. The van der Waals surface area contributed by atoms with E-state index in [4.69, 9.17) is 5.73 Å². The number of rotatable bonds is 2. The van der Waals surface area contributed by atoms with E-state index in [0.29, 0.717) is 11.6 Å². The highest BCUT2D eigenvalue weighted by Crippen LogP contribution is 2.26. The van der Waals surface area contributed by atoms with E-state index in [1.165, 1.54) is 11.3 Å². The van der Waals surface area contributed by atoms with Crippen LogP contribution in [-0.4, -0.2) is 15.0 Å². The maximum Gasteiger partial charge on any atom is 0.190 e. The molecule has 2 aromatic heterocycles. The summed E-state index contributed by atoms with van der Waals surface area (Å²) in [7, 11) is 0. The topological polar surface area (TPSA) is 64.7 Å². The van der Waals surface area contributed by atoms with Crippen molar-refractivity contribution < 1.29 is 0 Å². The number of halogens is 1. The van der Waals surface area contributed by atoms with Crippen LogP contribution in [0, 0.1) is 0 Å². The lowest BCUT2D eigenvalue weighted by Crippen LogP contribution is -2.01. The molecular weight excluding hydrogens is 276 g/mol. The lowest BCUT2D eigenvalue weighted by Gasteiger charge is -2.05. The SMILES string of the molecule is CCc1nc(-c2nccs2)nc(N)c1Br. The molecule has 0 atom stereocenters. The largest absolute Gasteiger partial charge is 0.383 e. The predicted molar refractivity (Wildman–Crippen MR) is 64.6 cm³/mol. The average molecular weight is 285 g/mol. The van der Waals surface area contributed by atoms with Crippen LogP contribution in [0.1, 0.15) is 12.6 Å². The van der Waals surface area contributed by atoms with Crippen molar-refractivity contribution in [3.05, 3.63) is 21.7 Å². The Morgan fingerprint density at radius 2 is 2.27 bits per heavy atom. The van der Waals surface area contributed by atoms with Crippen molar-refractivity contribution in [1.82, 2.24) is 15.0 Å². The molecule has 0 saturated carbocycles. The summed E-state index contributed by atoms with van der Waals surface area (Å²) in [6.07, 6.45) is 2.54. The third-order valence-corrected chi connectivity index (χ3v) is 3.54. The van der Waals surface area contributed by atoms with Crippen LogP contribution >= 0.6 is 27.3 Å². The fourth-order valence-corrected chi connectivity index (χ4v) is 2.20. The van der Waals surface area contributed by atoms with Crippen LogP contribution in [0.3, 0.4) is 0 Å². The molecule has 0 spiro atoms. The summed E-state index contributed by atoms with van der Waals surface area (Å²) in [6, 6.07) is 0. The summed E-state index contributed by atoms with van der Waals surface area (Å²) in [5.74, 6) is 1.06. The summed E-state index contributed by atoms with van der Waals surface area (Å²) in [4.78, 5) is 12.8. The summed E-state index contributed by atoms with van der Waals surface area (Å²) >= 11 is 4.87. The quantitative estimate of drug-likeness (QED) is 0.920. The van der Waals surface area contributed by atoms with Crippen LogP contribution in [0.25, 0.3) is 10.8 Å². The van der Waals surface area contributed by atoms with Gasteiger partial charge in [-0.05, 0) is 22.4 Å². The zero-order valence-corrected chi connectivity index (χ0v) is 10.5. The molecule has 0 amide bonds. The second-order valence-corrected chi connectivity index (χ2v) is 4.57. The molecule has 0 unspecified atom stereocenters. The summed E-state index contributed by atoms with van der Waals surface area (Å²) in [5.41, 5.74) is 6.69. The van der Waals surface area contributed by atoms with Gasteiger partial charge in [0.25, 0.3) is 0 Å². The van der Waals surface area contributed by atoms with Gasteiger partial charge in [0.05, 0.1) is 10.2 Å². The van der Waals surface area contributed by atoms with Gasteiger partial charge in [0.15, 0.2) is 10.8 Å². The Balaban J connectivity index is 2.55. The molecule has 15 heavy (non-hydrogen) atoms. The predicted octanol–water partition coefficient (Wildman–Crippen LogP) is 2.51. The monoisotopic (exact) mass is 284 g/mol. The Morgan fingerprint density at radius 3 is 2.87 bits per heavy atom. The molecule has 0 bridgehead atoms. The number of nitrogens with two attached hydrogens (primary N) is 1. The minimum Gasteiger partial charge on any atom is -0.383 e. The maximum atomic E-state index is 5.78. The van der Waals surface area contributed by atoms with Crippen molar-refractivity contribution in [3.8, 4) is 10.8 Å². The third-order valence-electron chi connectivity index (χ3n) is 1.90. The molecule has 0 aliphatic rings. The van der Waals surface area contributed by atoms with Gasteiger partial charge in [-0.1, -0.05) is 6.92 Å². The molecule has 0 aromatic carbocycles. The summed E-state index contributed by atoms with van der Waals surface area (Å²) in [5, 5.41) is 2.69. The normalized spacial score (nSPS) is 10.5. The van der Waals surface area contributed by atoms with Crippen LogP contribution in [0.5, 0.6) is 0 Å². The standard InChI is InChI=1S/C9H9BrN4S/c1-2-5-6(10)7(11)14-8(13-5)9-12-3-4-15-9/h3-4H,2H2,1H3,(H2,11,13,14). The molecule has 2 N–H and O–H groups in total. The Hall–Kier alpha value is -1.01. The highest BCUT2D eigenvalue weighted by atomic mass is 79.9. The van der Waals surface area contributed by atoms with Gasteiger partial charge in [0.1, 0.15) is 5.82 Å². The van der Waals surface area contributed by atoms with Gasteiger partial charge in [0.2, 0.25) is 0 Å². The fourth-order valence-electron chi connectivity index (χ4n) is 1.18. The number of anilines is 1. The summed E-state index contributed by atoms with van der Waals surface area (Å²) < 4.78 is 0.783. The molecule has 4 nitrogen and oxygen atoms in total. The lowest BCUT2D eigenvalue weighted by molar-refractivity contribution is 0.993. The van der Waals surface area contributed by atoms with E-state index >= 15 is 0 Å². The molecule has 2 heterocycles. The number of aromatic nitrogens is 3. The number of nitrogen functional groups attached to an aromatic ring is 1. The zero-order chi connectivity index (χ0) is 10.8. The highest BCUT2D eigenvalue weighted by molar-refractivity contribution is 9.10. The first-order valence-electron chi connectivity index (χ1n) is 4.44. The Labute approximate surface area is 99.7 Å². The van der Waals surface area contributed by atoms with Crippen molar-refractivity contribution in [2.45, 2.75) is 13.3 Å². The first-order valence-corrected chi connectivity index (χ1v) is 6.11. The third kappa shape index (κ3) is 2.00. The molecule has 6 heteroatoms. The van der Waals surface area contributed by atoms with Gasteiger partial charge in [-0.25, -0.2) is 15.0 Å². The Bertz CT molecular complexity index is 469. The second kappa shape index (κ2) is 4.24. The molecule has 0 aliphatic heterocycles. The Kier molecular flexibility index (Phi) is 2.97. The molecule has 0 fully saturated rings. The van der Waals surface area contributed by atoms with E-state index in [1.54, 1.807) is 6.20 Å². The average Bonchev–Trinajstić information content (AvgIpc) is 2.75. The maximum absolute atomic E-state index is 5.78. The molecule has 2 aromatic rings. The number of hydrogen-bond acceptors (Lipinski definition) is 5. The first-order chi connectivity index (χ1) is 7.22. The minimum atomic E-state index is 0.465. The molecule has 0 radical (unpaired) electrons. The van der Waals surface area contributed by atoms with E-state index in [0.717, 1.165) is 21.6 Å². The molecule has 78 valence electrons. The van der Waals surface area contributed by atoms with Crippen LogP contribution in [-0.2, 0) is 6.42 Å². The van der Waals surface area contributed by atoms with Gasteiger partial charge in [0, 0.05) is 11.6 Å². The van der Waals surface area contributed by atoms with Crippen molar-refractivity contribution in [3.63, 3.8) is 0 Å². The molecule has 0 aliphatic carbocycles. The number of thiazole rings is 1. The van der Waals surface area contributed by atoms with E-state index in [-0.39, 0.29) is 0 Å². The van der Waals surface area contributed by atoms with E-state index in [2.05, 4.69) is 30.9 Å². The number of nitrogens with zero attached hydrogens (tertiary/aromatic N) is 3. The summed E-state index contributed by atoms with van der Waals surface area (Å²) in [6.45, 7) is 2.03. The zero-order valence-electron chi connectivity index (χ0n) is 8.07. The van der Waals surface area contributed by atoms with Gasteiger partial charge in [-0.15, -0.1) is 11.3 Å². The molecule has 0 saturated heterocycles. The van der Waals surface area contributed by atoms with Crippen molar-refractivity contribution in [2.24, 2.45) is 0 Å². The van der Waals surface area contributed by atoms with Crippen LogP contribution in [0.4, 0.5) is 5.82 Å². The minimum absolute atomic E-state index is 0.465. The van der Waals surface area contributed by atoms with Gasteiger partial charge in [-0.2, -0.15) is 0 Å².